The minimum absolute atomic E-state index is 0.0665. The van der Waals surface area contributed by atoms with E-state index < -0.39 is 0 Å². The highest BCUT2D eigenvalue weighted by atomic mass is 35.5. The Labute approximate surface area is 100 Å². The largest absolute Gasteiger partial charge is 0.454 e. The lowest BCUT2D eigenvalue weighted by molar-refractivity contribution is 0.174. The number of nitrogens with two attached hydrogens (primary N) is 1. The summed E-state index contributed by atoms with van der Waals surface area (Å²) in [6.45, 7) is 5.15. The molecule has 1 aliphatic heterocycles. The van der Waals surface area contributed by atoms with Gasteiger partial charge in [0, 0.05) is 0 Å². The average Bonchev–Trinajstić information content (AvgIpc) is 2.65. The second-order valence-electron chi connectivity index (χ2n) is 4.86. The standard InChI is InChI=1S/C12H16ClNO2/c1-12(2,6-14)5-8-3-9(13)11-10(4-8)15-7-16-11/h3-4H,5-7,14H2,1-2H3. The third-order valence-electron chi connectivity index (χ3n) is 2.72. The van der Waals surface area contributed by atoms with Gasteiger partial charge in [0.25, 0.3) is 0 Å². The third-order valence-corrected chi connectivity index (χ3v) is 3.00. The molecule has 0 saturated carbocycles. The van der Waals surface area contributed by atoms with E-state index in [2.05, 4.69) is 13.8 Å². The number of benzene rings is 1. The Morgan fingerprint density at radius 1 is 1.38 bits per heavy atom. The summed E-state index contributed by atoms with van der Waals surface area (Å²) in [5.41, 5.74) is 6.91. The summed E-state index contributed by atoms with van der Waals surface area (Å²) in [7, 11) is 0. The molecular weight excluding hydrogens is 226 g/mol. The fourth-order valence-electron chi connectivity index (χ4n) is 1.75. The average molecular weight is 242 g/mol. The van der Waals surface area contributed by atoms with Gasteiger partial charge < -0.3 is 15.2 Å². The summed E-state index contributed by atoms with van der Waals surface area (Å²) >= 11 is 6.11. The van der Waals surface area contributed by atoms with Crippen LogP contribution in [0.2, 0.25) is 5.02 Å². The van der Waals surface area contributed by atoms with Crippen LogP contribution in [0.1, 0.15) is 19.4 Å². The molecule has 0 atom stereocenters. The van der Waals surface area contributed by atoms with Crippen LogP contribution in [0.3, 0.4) is 0 Å². The zero-order chi connectivity index (χ0) is 11.8. The van der Waals surface area contributed by atoms with Crippen LogP contribution in [0.5, 0.6) is 11.5 Å². The van der Waals surface area contributed by atoms with Gasteiger partial charge in [-0.15, -0.1) is 0 Å². The molecule has 1 aliphatic rings. The normalized spacial score (nSPS) is 14.2. The summed E-state index contributed by atoms with van der Waals surface area (Å²) < 4.78 is 10.6. The predicted octanol–water partition coefficient (Wildman–Crippen LogP) is 2.60. The summed E-state index contributed by atoms with van der Waals surface area (Å²) in [6, 6.07) is 3.90. The Balaban J connectivity index is 2.27. The van der Waals surface area contributed by atoms with Gasteiger partial charge in [-0.05, 0) is 36.1 Å². The van der Waals surface area contributed by atoms with Gasteiger partial charge in [-0.1, -0.05) is 25.4 Å². The molecule has 0 aliphatic carbocycles. The Hall–Kier alpha value is -0.930. The SMILES string of the molecule is CC(C)(CN)Cc1cc(Cl)c2c(c1)OCO2. The van der Waals surface area contributed by atoms with Gasteiger partial charge in [-0.2, -0.15) is 0 Å². The molecule has 0 bridgehead atoms. The molecule has 16 heavy (non-hydrogen) atoms. The van der Waals surface area contributed by atoms with Crippen LogP contribution in [-0.2, 0) is 6.42 Å². The molecule has 0 fully saturated rings. The molecule has 0 amide bonds. The minimum Gasteiger partial charge on any atom is -0.454 e. The van der Waals surface area contributed by atoms with Gasteiger partial charge in [0.05, 0.1) is 5.02 Å². The Kier molecular flexibility index (Phi) is 3.00. The van der Waals surface area contributed by atoms with E-state index in [4.69, 9.17) is 26.8 Å². The molecule has 3 nitrogen and oxygen atoms in total. The third kappa shape index (κ3) is 2.25. The lowest BCUT2D eigenvalue weighted by Gasteiger charge is -2.22. The van der Waals surface area contributed by atoms with Crippen LogP contribution in [0.25, 0.3) is 0 Å². The van der Waals surface area contributed by atoms with Crippen molar-refractivity contribution in [1.29, 1.82) is 0 Å². The van der Waals surface area contributed by atoms with Crippen LogP contribution in [0.4, 0.5) is 0 Å². The predicted molar refractivity (Wildman–Crippen MR) is 64.1 cm³/mol. The summed E-state index contributed by atoms with van der Waals surface area (Å²) in [5, 5.41) is 0.609. The summed E-state index contributed by atoms with van der Waals surface area (Å²) in [6.07, 6.45) is 0.875. The van der Waals surface area contributed by atoms with Gasteiger partial charge in [0.15, 0.2) is 11.5 Å². The van der Waals surface area contributed by atoms with Gasteiger partial charge >= 0.3 is 0 Å². The van der Waals surface area contributed by atoms with Crippen molar-refractivity contribution in [1.82, 2.24) is 0 Å². The molecule has 1 aromatic rings. The second kappa shape index (κ2) is 4.15. The first-order chi connectivity index (χ1) is 7.52. The molecule has 4 heteroatoms. The molecule has 0 radical (unpaired) electrons. The van der Waals surface area contributed by atoms with Crippen molar-refractivity contribution >= 4 is 11.6 Å². The van der Waals surface area contributed by atoms with Crippen LogP contribution in [0, 0.1) is 5.41 Å². The van der Waals surface area contributed by atoms with Gasteiger partial charge in [0.2, 0.25) is 6.79 Å². The lowest BCUT2D eigenvalue weighted by Crippen LogP contribution is -2.25. The van der Waals surface area contributed by atoms with Crippen molar-refractivity contribution in [3.8, 4) is 11.5 Å². The molecule has 1 aromatic carbocycles. The first kappa shape index (κ1) is 11.6. The van der Waals surface area contributed by atoms with Crippen LogP contribution in [-0.4, -0.2) is 13.3 Å². The first-order valence-corrected chi connectivity index (χ1v) is 5.68. The molecule has 0 saturated heterocycles. The van der Waals surface area contributed by atoms with E-state index in [1.54, 1.807) is 0 Å². The maximum atomic E-state index is 6.11. The van der Waals surface area contributed by atoms with Gasteiger partial charge in [-0.3, -0.25) is 0 Å². The van der Waals surface area contributed by atoms with Crippen molar-refractivity contribution < 1.29 is 9.47 Å². The number of hydrogen-bond donors (Lipinski definition) is 1. The Bertz CT molecular complexity index is 404. The zero-order valence-corrected chi connectivity index (χ0v) is 10.3. The summed E-state index contributed by atoms with van der Waals surface area (Å²) in [5.74, 6) is 1.38. The van der Waals surface area contributed by atoms with E-state index in [9.17, 15) is 0 Å². The lowest BCUT2D eigenvalue weighted by atomic mass is 9.86. The highest BCUT2D eigenvalue weighted by Crippen LogP contribution is 2.40. The van der Waals surface area contributed by atoms with E-state index in [1.165, 1.54) is 0 Å². The summed E-state index contributed by atoms with van der Waals surface area (Å²) in [4.78, 5) is 0. The minimum atomic E-state index is 0.0665. The number of halogens is 1. The van der Waals surface area contributed by atoms with E-state index in [0.717, 1.165) is 17.7 Å². The molecule has 0 spiro atoms. The molecule has 2 rings (SSSR count). The second-order valence-corrected chi connectivity index (χ2v) is 5.26. The van der Waals surface area contributed by atoms with Crippen molar-refractivity contribution in [2.45, 2.75) is 20.3 Å². The number of hydrogen-bond acceptors (Lipinski definition) is 3. The van der Waals surface area contributed by atoms with E-state index in [-0.39, 0.29) is 12.2 Å². The van der Waals surface area contributed by atoms with Crippen LogP contribution < -0.4 is 15.2 Å². The monoisotopic (exact) mass is 241 g/mol. The fourth-order valence-corrected chi connectivity index (χ4v) is 2.04. The van der Waals surface area contributed by atoms with Crippen molar-refractivity contribution in [2.24, 2.45) is 11.1 Å². The Morgan fingerprint density at radius 2 is 2.12 bits per heavy atom. The van der Waals surface area contributed by atoms with Crippen molar-refractivity contribution in [3.05, 3.63) is 22.7 Å². The fraction of sp³-hybridized carbons (Fsp3) is 0.500. The first-order valence-electron chi connectivity index (χ1n) is 5.30. The molecule has 0 unspecified atom stereocenters. The maximum Gasteiger partial charge on any atom is 0.231 e. The van der Waals surface area contributed by atoms with Crippen LogP contribution >= 0.6 is 11.6 Å². The maximum absolute atomic E-state index is 6.11. The topological polar surface area (TPSA) is 44.5 Å². The van der Waals surface area contributed by atoms with E-state index >= 15 is 0 Å². The molecule has 0 aromatic heterocycles. The number of rotatable bonds is 3. The molecule has 1 heterocycles. The van der Waals surface area contributed by atoms with Gasteiger partial charge in [-0.25, -0.2) is 0 Å². The van der Waals surface area contributed by atoms with Crippen molar-refractivity contribution in [3.63, 3.8) is 0 Å². The van der Waals surface area contributed by atoms with Crippen LogP contribution in [0.15, 0.2) is 12.1 Å². The molecule has 2 N–H and O–H groups in total. The van der Waals surface area contributed by atoms with E-state index in [0.29, 0.717) is 17.3 Å². The van der Waals surface area contributed by atoms with Gasteiger partial charge in [0.1, 0.15) is 0 Å². The number of ether oxygens (including phenoxy) is 2. The molecule has 88 valence electrons. The van der Waals surface area contributed by atoms with E-state index in [1.807, 2.05) is 12.1 Å². The highest BCUT2D eigenvalue weighted by molar-refractivity contribution is 6.32. The van der Waals surface area contributed by atoms with Crippen molar-refractivity contribution in [2.75, 3.05) is 13.3 Å². The molecular formula is C12H16ClNO2. The zero-order valence-electron chi connectivity index (χ0n) is 9.55. The highest BCUT2D eigenvalue weighted by Gasteiger charge is 2.22. The quantitative estimate of drug-likeness (QED) is 0.885. The number of fused-ring (bicyclic) bond motifs is 1. The Morgan fingerprint density at radius 3 is 2.81 bits per heavy atom. The smallest absolute Gasteiger partial charge is 0.231 e.